The van der Waals surface area contributed by atoms with Crippen molar-refractivity contribution in [3.05, 3.63) is 29.8 Å². The molecule has 51 heavy (non-hydrogen) atoms. The number of nitrogens with zero attached hydrogens (tertiary/aromatic N) is 2. The number of benzene rings is 1. The fraction of sp³-hybridized carbons (Fsp3) is 0.784. The number of halogens is 1. The highest BCUT2D eigenvalue weighted by Gasteiger charge is 2.56. The normalized spacial score (nSPS) is 20.6. The Hall–Kier alpha value is -2.16. The largest absolute Gasteiger partial charge is 0.444 e. The van der Waals surface area contributed by atoms with Crippen LogP contribution in [0.4, 0.5) is 9.59 Å². The lowest BCUT2D eigenvalue weighted by molar-refractivity contribution is -0.175. The molecule has 2 spiro atoms. The van der Waals surface area contributed by atoms with E-state index in [9.17, 15) is 18.0 Å². The van der Waals surface area contributed by atoms with E-state index in [0.717, 1.165) is 57.2 Å². The summed E-state index contributed by atoms with van der Waals surface area (Å²) in [5.74, 6) is 0. The maximum absolute atomic E-state index is 11.9. The van der Waals surface area contributed by atoms with Crippen molar-refractivity contribution in [3.8, 4) is 0 Å². The van der Waals surface area contributed by atoms with Crippen LogP contribution in [0, 0.1) is 17.8 Å². The van der Waals surface area contributed by atoms with Gasteiger partial charge >= 0.3 is 12.2 Å². The van der Waals surface area contributed by atoms with Crippen molar-refractivity contribution in [2.45, 2.75) is 141 Å². The zero-order chi connectivity index (χ0) is 38.4. The molecule has 2 saturated heterocycles. The topological polar surface area (TPSA) is 152 Å². The van der Waals surface area contributed by atoms with E-state index in [1.807, 2.05) is 53.4 Å². The maximum Gasteiger partial charge on any atom is 0.410 e. The van der Waals surface area contributed by atoms with E-state index >= 15 is 0 Å². The van der Waals surface area contributed by atoms with Crippen LogP contribution in [0.1, 0.15) is 99.5 Å². The van der Waals surface area contributed by atoms with Crippen molar-refractivity contribution in [2.75, 3.05) is 39.4 Å². The second-order valence-electron chi connectivity index (χ2n) is 16.7. The van der Waals surface area contributed by atoms with Crippen LogP contribution >= 0.6 is 10.7 Å². The van der Waals surface area contributed by atoms with Gasteiger partial charge in [0, 0.05) is 47.7 Å². The standard InChI is InChI=1S/C16H29NO3.C14H25NO5.C7H7ClO2S/c1-6-12(7-2)19-13-8-16(9-13)10-17(11-16)14(18)20-15(3,4)5;1-13(2,3)20-12(18)15-8-14(9-15)4-10(5-14)19-11(6-16)7-17;1-6-2-4-7(5-3-6)11(8,9)10/h12-13H,6-11H2,1-5H3;10-11,16-17H,4-9H2,1-3H3;2-5H,1H3. The highest BCUT2D eigenvalue weighted by Crippen LogP contribution is 2.51. The number of carbonyl (C=O) groups excluding carboxylic acids is 2. The molecule has 2 saturated carbocycles. The van der Waals surface area contributed by atoms with Gasteiger partial charge in [0.05, 0.1) is 36.4 Å². The quantitative estimate of drug-likeness (QED) is 0.276. The first-order valence-electron chi connectivity index (χ1n) is 18.0. The number of ether oxygens (including phenoxy) is 4. The minimum absolute atomic E-state index is 0.0834. The van der Waals surface area contributed by atoms with Gasteiger partial charge in [-0.2, -0.15) is 0 Å². The van der Waals surface area contributed by atoms with E-state index in [2.05, 4.69) is 13.8 Å². The highest BCUT2D eigenvalue weighted by molar-refractivity contribution is 8.13. The number of likely N-dealkylation sites (tertiary alicyclic amines) is 2. The Morgan fingerprint density at radius 3 is 1.41 bits per heavy atom. The Bertz CT molecular complexity index is 1300. The van der Waals surface area contributed by atoms with Crippen LogP contribution in [-0.2, 0) is 28.0 Å². The number of hydrogen-bond donors (Lipinski definition) is 2. The third-order valence-electron chi connectivity index (χ3n) is 9.44. The zero-order valence-electron chi connectivity index (χ0n) is 31.9. The van der Waals surface area contributed by atoms with E-state index < -0.39 is 26.4 Å². The monoisotopic (exact) mass is 760 g/mol. The van der Waals surface area contributed by atoms with Crippen LogP contribution in [0.3, 0.4) is 0 Å². The number of aryl methyl sites for hydroxylation is 1. The second kappa shape index (κ2) is 17.3. The van der Waals surface area contributed by atoms with Gasteiger partial charge in [-0.15, -0.1) is 0 Å². The smallest absolute Gasteiger partial charge is 0.410 e. The van der Waals surface area contributed by atoms with Crippen LogP contribution in [-0.4, -0.2) is 116 Å². The Morgan fingerprint density at radius 1 is 0.765 bits per heavy atom. The molecule has 2 aliphatic carbocycles. The molecule has 0 unspecified atom stereocenters. The van der Waals surface area contributed by atoms with E-state index in [0.29, 0.717) is 30.7 Å². The summed E-state index contributed by atoms with van der Waals surface area (Å²) in [6, 6.07) is 6.37. The van der Waals surface area contributed by atoms with Gasteiger partial charge in [0.1, 0.15) is 17.3 Å². The molecule has 0 atom stereocenters. The molecule has 2 aliphatic heterocycles. The predicted molar refractivity (Wildman–Crippen MR) is 195 cm³/mol. The minimum Gasteiger partial charge on any atom is -0.444 e. The van der Waals surface area contributed by atoms with E-state index in [-0.39, 0.29) is 41.8 Å². The maximum atomic E-state index is 11.9. The van der Waals surface area contributed by atoms with Crippen LogP contribution in [0.2, 0.25) is 0 Å². The molecule has 1 aromatic rings. The predicted octanol–water partition coefficient (Wildman–Crippen LogP) is 6.27. The number of hydrogen-bond acceptors (Lipinski definition) is 10. The lowest BCUT2D eigenvalue weighted by atomic mass is 9.62. The lowest BCUT2D eigenvalue weighted by Gasteiger charge is -2.58. The molecule has 0 radical (unpaired) electrons. The number of carbonyl (C=O) groups is 2. The average Bonchev–Trinajstić information content (AvgIpc) is 2.92. The Labute approximate surface area is 309 Å². The van der Waals surface area contributed by atoms with Crippen molar-refractivity contribution in [3.63, 3.8) is 0 Å². The summed E-state index contributed by atoms with van der Waals surface area (Å²) < 4.78 is 43.7. The zero-order valence-corrected chi connectivity index (χ0v) is 33.5. The fourth-order valence-corrected chi connectivity index (χ4v) is 7.60. The summed E-state index contributed by atoms with van der Waals surface area (Å²) in [6.07, 6.45) is 6.11. The number of aliphatic hydroxyl groups excluding tert-OH is 2. The molecule has 1 aromatic carbocycles. The van der Waals surface area contributed by atoms with Gasteiger partial charge in [0.25, 0.3) is 9.05 Å². The molecule has 5 rings (SSSR count). The number of amides is 2. The van der Waals surface area contributed by atoms with Crippen LogP contribution < -0.4 is 0 Å². The first-order valence-corrected chi connectivity index (χ1v) is 20.3. The van der Waals surface area contributed by atoms with E-state index in [4.69, 9.17) is 39.8 Å². The molecule has 0 bridgehead atoms. The lowest BCUT2D eigenvalue weighted by Crippen LogP contribution is -2.66. The Balaban J connectivity index is 0.000000216. The van der Waals surface area contributed by atoms with Gasteiger partial charge in [0.15, 0.2) is 0 Å². The molecule has 12 nitrogen and oxygen atoms in total. The molecule has 2 heterocycles. The van der Waals surface area contributed by atoms with Crippen molar-refractivity contribution >= 4 is 31.9 Å². The molecular weight excluding hydrogens is 700 g/mol. The summed E-state index contributed by atoms with van der Waals surface area (Å²) in [7, 11) is 1.54. The number of rotatable bonds is 9. The molecule has 4 fully saturated rings. The molecule has 4 aliphatic rings. The third kappa shape index (κ3) is 13.0. The van der Waals surface area contributed by atoms with Gasteiger partial charge in [-0.3, -0.25) is 0 Å². The summed E-state index contributed by atoms with van der Waals surface area (Å²) >= 11 is 0. The molecule has 14 heteroatoms. The summed E-state index contributed by atoms with van der Waals surface area (Å²) in [4.78, 5) is 27.4. The second-order valence-corrected chi connectivity index (χ2v) is 19.2. The van der Waals surface area contributed by atoms with Crippen LogP contribution in [0.5, 0.6) is 0 Å². The number of aliphatic hydroxyl groups is 2. The molecule has 2 amide bonds. The summed E-state index contributed by atoms with van der Waals surface area (Å²) in [5, 5.41) is 17.9. The Morgan fingerprint density at radius 2 is 1.12 bits per heavy atom. The van der Waals surface area contributed by atoms with Gasteiger partial charge < -0.3 is 39.0 Å². The molecular formula is C37H61ClN2O10S. The third-order valence-corrected chi connectivity index (χ3v) is 10.8. The average molecular weight is 761 g/mol. The van der Waals surface area contributed by atoms with Crippen molar-refractivity contribution in [1.82, 2.24) is 9.80 Å². The van der Waals surface area contributed by atoms with Crippen LogP contribution in [0.25, 0.3) is 0 Å². The Kier molecular flexibility index (Phi) is 14.7. The van der Waals surface area contributed by atoms with Crippen molar-refractivity contribution in [2.24, 2.45) is 10.8 Å². The summed E-state index contributed by atoms with van der Waals surface area (Å²) in [6.45, 7) is 20.3. The van der Waals surface area contributed by atoms with Crippen molar-refractivity contribution < 1.29 is 47.2 Å². The van der Waals surface area contributed by atoms with E-state index in [1.165, 1.54) is 12.1 Å². The van der Waals surface area contributed by atoms with Gasteiger partial charge in [-0.25, -0.2) is 18.0 Å². The molecule has 292 valence electrons. The van der Waals surface area contributed by atoms with Crippen molar-refractivity contribution in [1.29, 1.82) is 0 Å². The summed E-state index contributed by atoms with van der Waals surface area (Å²) in [5.41, 5.74) is 0.639. The SMILES string of the molecule is CC(C)(C)OC(=O)N1CC2(CC(OC(CO)CO)C2)C1.CCC(CC)OC1CC2(C1)CN(C(=O)OC(C)(C)C)C2.Cc1ccc(S(=O)(=O)Cl)cc1. The van der Waals surface area contributed by atoms with Gasteiger partial charge in [0.2, 0.25) is 0 Å². The molecule has 2 N–H and O–H groups in total. The first kappa shape index (κ1) is 43.2. The minimum atomic E-state index is -3.55. The highest BCUT2D eigenvalue weighted by atomic mass is 35.7. The fourth-order valence-electron chi connectivity index (χ4n) is 6.83. The van der Waals surface area contributed by atoms with Gasteiger partial charge in [-0.1, -0.05) is 31.5 Å². The van der Waals surface area contributed by atoms with Gasteiger partial charge in [-0.05, 0) is 99.1 Å². The van der Waals surface area contributed by atoms with E-state index in [1.54, 1.807) is 17.0 Å². The molecule has 0 aromatic heterocycles. The van der Waals surface area contributed by atoms with Crippen LogP contribution in [0.15, 0.2) is 29.2 Å². The first-order chi connectivity index (χ1) is 23.5.